The van der Waals surface area contributed by atoms with E-state index in [-0.39, 0.29) is 6.61 Å². The highest BCUT2D eigenvalue weighted by Gasteiger charge is 2.34. The second-order valence-corrected chi connectivity index (χ2v) is 5.67. The van der Waals surface area contributed by atoms with Crippen LogP contribution in [0.25, 0.3) is 0 Å². The van der Waals surface area contributed by atoms with Crippen molar-refractivity contribution in [2.45, 2.75) is 12.2 Å². The van der Waals surface area contributed by atoms with Crippen molar-refractivity contribution in [2.75, 3.05) is 13.2 Å². The maximum absolute atomic E-state index is 12.7. The second kappa shape index (κ2) is 6.32. The second-order valence-electron chi connectivity index (χ2n) is 5.23. The van der Waals surface area contributed by atoms with Gasteiger partial charge in [0.25, 0.3) is 0 Å². The van der Waals surface area contributed by atoms with E-state index in [1.807, 2.05) is 0 Å². The third-order valence-electron chi connectivity index (χ3n) is 3.68. The molecule has 0 bridgehead atoms. The number of carbonyl (C=O) groups excluding carboxylic acids is 1. The first-order valence-corrected chi connectivity index (χ1v) is 7.46. The Morgan fingerprint density at radius 1 is 1.17 bits per heavy atom. The van der Waals surface area contributed by atoms with Crippen LogP contribution in [0.5, 0.6) is 0 Å². The largest absolute Gasteiger partial charge is 0.448 e. The van der Waals surface area contributed by atoms with Crippen molar-refractivity contribution in [3.63, 3.8) is 0 Å². The summed E-state index contributed by atoms with van der Waals surface area (Å²) in [5.74, 6) is 0. The average molecular weight is 357 g/mol. The molecule has 126 valence electrons. The molecular weight excluding hydrogens is 345 g/mol. The summed E-state index contributed by atoms with van der Waals surface area (Å²) in [6.07, 6.45) is -4.23. The molecule has 1 aliphatic rings. The van der Waals surface area contributed by atoms with Gasteiger partial charge >= 0.3 is 12.3 Å². The Kier molecular flexibility index (Phi) is 4.36. The van der Waals surface area contributed by atoms with Gasteiger partial charge in [-0.05, 0) is 29.8 Å². The molecule has 1 aromatic carbocycles. The summed E-state index contributed by atoms with van der Waals surface area (Å²) in [6, 6.07) is 8.29. The maximum atomic E-state index is 12.7. The number of amides is 1. The van der Waals surface area contributed by atoms with Crippen LogP contribution in [0, 0.1) is 0 Å². The predicted molar refractivity (Wildman–Crippen MR) is 80.6 cm³/mol. The summed E-state index contributed by atoms with van der Waals surface area (Å²) in [7, 11) is 0. The Hall–Kier alpha value is -2.28. The lowest BCUT2D eigenvalue weighted by molar-refractivity contribution is -0.137. The smallest absolute Gasteiger partial charge is 0.417 e. The topological polar surface area (TPSA) is 42.4 Å². The Bertz CT molecular complexity index is 732. The first-order valence-electron chi connectivity index (χ1n) is 7.08. The van der Waals surface area contributed by atoms with Gasteiger partial charge in [-0.15, -0.1) is 0 Å². The van der Waals surface area contributed by atoms with Crippen LogP contribution >= 0.6 is 11.6 Å². The third kappa shape index (κ3) is 3.31. The summed E-state index contributed by atoms with van der Waals surface area (Å²) in [5, 5.41) is 0.516. The lowest BCUT2D eigenvalue weighted by Crippen LogP contribution is -2.31. The zero-order valence-electron chi connectivity index (χ0n) is 12.3. The standard InChI is InChI=1S/C16H12ClF3N2O2/c17-12-4-1-10(2-5-12)14(22-7-8-24-15(22)23)13-6-3-11(9-21-13)16(18,19)20/h1-6,9,14H,7-8H2/t14-/m0/s1. The van der Waals surface area contributed by atoms with Crippen molar-refractivity contribution in [1.29, 1.82) is 0 Å². The van der Waals surface area contributed by atoms with E-state index in [0.29, 0.717) is 22.8 Å². The van der Waals surface area contributed by atoms with E-state index in [2.05, 4.69) is 4.98 Å². The number of hydrogen-bond acceptors (Lipinski definition) is 3. The van der Waals surface area contributed by atoms with Crippen LogP contribution in [0.1, 0.15) is 22.9 Å². The predicted octanol–water partition coefficient (Wildman–Crippen LogP) is 4.30. The van der Waals surface area contributed by atoms with E-state index in [9.17, 15) is 18.0 Å². The van der Waals surface area contributed by atoms with Gasteiger partial charge in [-0.1, -0.05) is 23.7 Å². The highest BCUT2D eigenvalue weighted by atomic mass is 35.5. The fraction of sp³-hybridized carbons (Fsp3) is 0.250. The minimum absolute atomic E-state index is 0.226. The van der Waals surface area contributed by atoms with Gasteiger partial charge in [0, 0.05) is 11.2 Å². The van der Waals surface area contributed by atoms with Crippen LogP contribution in [-0.2, 0) is 10.9 Å². The molecule has 0 aliphatic carbocycles. The maximum Gasteiger partial charge on any atom is 0.417 e. The molecule has 0 saturated carbocycles. The molecule has 2 aromatic rings. The van der Waals surface area contributed by atoms with Crippen LogP contribution in [-0.4, -0.2) is 29.1 Å². The fourth-order valence-electron chi connectivity index (χ4n) is 2.53. The fourth-order valence-corrected chi connectivity index (χ4v) is 2.66. The van der Waals surface area contributed by atoms with Crippen molar-refractivity contribution in [2.24, 2.45) is 0 Å². The quantitative estimate of drug-likeness (QED) is 0.823. The molecule has 4 nitrogen and oxygen atoms in total. The summed E-state index contributed by atoms with van der Waals surface area (Å²) < 4.78 is 43.1. The number of rotatable bonds is 3. The number of pyridine rings is 1. The molecule has 0 radical (unpaired) electrons. The van der Waals surface area contributed by atoms with Crippen molar-refractivity contribution in [3.8, 4) is 0 Å². The minimum Gasteiger partial charge on any atom is -0.448 e. The van der Waals surface area contributed by atoms with Gasteiger partial charge < -0.3 is 4.74 Å². The molecule has 1 amide bonds. The Morgan fingerprint density at radius 3 is 2.38 bits per heavy atom. The normalized spacial score (nSPS) is 16.2. The van der Waals surface area contributed by atoms with E-state index >= 15 is 0 Å². The number of nitrogens with zero attached hydrogens (tertiary/aromatic N) is 2. The van der Waals surface area contributed by atoms with Crippen molar-refractivity contribution < 1.29 is 22.7 Å². The zero-order valence-corrected chi connectivity index (χ0v) is 13.0. The summed E-state index contributed by atoms with van der Waals surface area (Å²) in [4.78, 5) is 17.3. The van der Waals surface area contributed by atoms with Gasteiger partial charge in [-0.2, -0.15) is 13.2 Å². The van der Waals surface area contributed by atoms with E-state index < -0.39 is 23.9 Å². The lowest BCUT2D eigenvalue weighted by Gasteiger charge is -2.26. The number of alkyl halides is 3. The molecule has 0 spiro atoms. The van der Waals surface area contributed by atoms with Gasteiger partial charge in [0.2, 0.25) is 0 Å². The number of halogens is 4. The van der Waals surface area contributed by atoms with Crippen molar-refractivity contribution in [1.82, 2.24) is 9.88 Å². The SMILES string of the molecule is O=C1OCCN1[C@@H](c1ccc(Cl)cc1)c1ccc(C(F)(F)F)cn1. The van der Waals surface area contributed by atoms with Crippen LogP contribution < -0.4 is 0 Å². The number of ether oxygens (including phenoxy) is 1. The summed E-state index contributed by atoms with van der Waals surface area (Å²) in [5.41, 5.74) is 0.166. The molecule has 1 atom stereocenters. The third-order valence-corrected chi connectivity index (χ3v) is 3.94. The zero-order chi connectivity index (χ0) is 17.3. The highest BCUT2D eigenvalue weighted by molar-refractivity contribution is 6.30. The van der Waals surface area contributed by atoms with Crippen LogP contribution in [0.4, 0.5) is 18.0 Å². The molecule has 1 fully saturated rings. The molecule has 1 aliphatic heterocycles. The molecule has 2 heterocycles. The summed E-state index contributed by atoms with van der Waals surface area (Å²) in [6.45, 7) is 0.554. The molecule has 3 rings (SSSR count). The first-order chi connectivity index (χ1) is 11.4. The van der Waals surface area contributed by atoms with Crippen LogP contribution in [0.15, 0.2) is 42.6 Å². The van der Waals surface area contributed by atoms with Crippen molar-refractivity contribution >= 4 is 17.7 Å². The Morgan fingerprint density at radius 2 is 1.88 bits per heavy atom. The molecule has 1 aromatic heterocycles. The molecular formula is C16H12ClF3N2O2. The van der Waals surface area contributed by atoms with Gasteiger partial charge in [0.1, 0.15) is 12.6 Å². The Balaban J connectivity index is 2.01. The average Bonchev–Trinajstić information content (AvgIpc) is 2.95. The number of benzene rings is 1. The molecule has 1 saturated heterocycles. The number of carbonyl (C=O) groups is 1. The van der Waals surface area contributed by atoms with Gasteiger partial charge in [0.05, 0.1) is 17.8 Å². The summed E-state index contributed by atoms with van der Waals surface area (Å²) >= 11 is 5.88. The molecule has 0 N–H and O–H groups in total. The number of aromatic nitrogens is 1. The van der Waals surface area contributed by atoms with E-state index in [4.69, 9.17) is 16.3 Å². The Labute approximate surface area is 140 Å². The highest BCUT2D eigenvalue weighted by Crippen LogP contribution is 2.33. The van der Waals surface area contributed by atoms with E-state index in [1.165, 1.54) is 11.0 Å². The van der Waals surface area contributed by atoms with E-state index in [0.717, 1.165) is 12.3 Å². The van der Waals surface area contributed by atoms with Crippen LogP contribution in [0.2, 0.25) is 5.02 Å². The van der Waals surface area contributed by atoms with Gasteiger partial charge in [-0.3, -0.25) is 9.88 Å². The molecule has 0 unspecified atom stereocenters. The minimum atomic E-state index is -4.46. The van der Waals surface area contributed by atoms with Gasteiger partial charge in [0.15, 0.2) is 0 Å². The monoisotopic (exact) mass is 356 g/mol. The van der Waals surface area contributed by atoms with Crippen molar-refractivity contribution in [3.05, 3.63) is 64.4 Å². The van der Waals surface area contributed by atoms with Crippen LogP contribution in [0.3, 0.4) is 0 Å². The lowest BCUT2D eigenvalue weighted by atomic mass is 10.0. The number of hydrogen-bond donors (Lipinski definition) is 0. The molecule has 24 heavy (non-hydrogen) atoms. The molecule has 8 heteroatoms. The van der Waals surface area contributed by atoms with E-state index in [1.54, 1.807) is 24.3 Å². The number of cyclic esters (lactones) is 1. The first kappa shape index (κ1) is 16.6. The van der Waals surface area contributed by atoms with Gasteiger partial charge in [-0.25, -0.2) is 4.79 Å².